The zero-order valence-corrected chi connectivity index (χ0v) is 14.5. The van der Waals surface area contributed by atoms with E-state index in [9.17, 15) is 13.6 Å². The monoisotopic (exact) mass is 375 g/mol. The van der Waals surface area contributed by atoms with Crippen molar-refractivity contribution < 1.29 is 18.3 Å². The molecule has 8 heteroatoms. The molecule has 0 spiro atoms. The van der Waals surface area contributed by atoms with Crippen molar-refractivity contribution in [2.45, 2.75) is 11.5 Å². The summed E-state index contributed by atoms with van der Waals surface area (Å²) >= 11 is 1.41. The summed E-state index contributed by atoms with van der Waals surface area (Å²) in [5.41, 5.74) is 0.779. The summed E-state index contributed by atoms with van der Waals surface area (Å²) in [6, 6.07) is 15.1. The van der Waals surface area contributed by atoms with E-state index in [2.05, 4.69) is 15.2 Å². The third-order valence-electron chi connectivity index (χ3n) is 3.54. The van der Waals surface area contributed by atoms with Crippen molar-refractivity contribution in [3.05, 3.63) is 66.4 Å². The molecule has 0 aliphatic rings. The van der Waals surface area contributed by atoms with E-state index < -0.39 is 12.5 Å². The summed E-state index contributed by atoms with van der Waals surface area (Å²) in [5.74, 6) is -0.286. The highest BCUT2D eigenvalue weighted by atomic mass is 32.2. The predicted molar refractivity (Wildman–Crippen MR) is 96.4 cm³/mol. The number of aromatic nitrogens is 2. The van der Waals surface area contributed by atoms with Crippen molar-refractivity contribution in [2.24, 2.45) is 0 Å². The zero-order chi connectivity index (χ0) is 18.5. The molecule has 5 nitrogen and oxygen atoms in total. The molecule has 0 fully saturated rings. The van der Waals surface area contributed by atoms with Gasteiger partial charge < -0.3 is 10.1 Å². The van der Waals surface area contributed by atoms with Gasteiger partial charge >= 0.3 is 6.61 Å². The third kappa shape index (κ3) is 3.85. The van der Waals surface area contributed by atoms with Gasteiger partial charge in [0, 0.05) is 0 Å². The van der Waals surface area contributed by atoms with Crippen LogP contribution in [0.5, 0.6) is 5.75 Å². The van der Waals surface area contributed by atoms with Gasteiger partial charge in [-0.2, -0.15) is 13.9 Å². The lowest BCUT2D eigenvalue weighted by Gasteiger charge is -2.13. The second-order valence-corrected chi connectivity index (χ2v) is 5.99. The fourth-order valence-electron chi connectivity index (χ4n) is 2.39. The lowest BCUT2D eigenvalue weighted by atomic mass is 10.2. The molecule has 0 aliphatic heterocycles. The number of carbonyl (C=O) groups excluding carboxylic acids is 1. The number of alkyl halides is 2. The predicted octanol–water partition coefficient (Wildman–Crippen LogP) is 4.45. The molecular formula is C18H15F2N3O2S. The maximum Gasteiger partial charge on any atom is 0.387 e. The Balaban J connectivity index is 1.95. The van der Waals surface area contributed by atoms with E-state index in [-0.39, 0.29) is 11.3 Å². The molecule has 26 heavy (non-hydrogen) atoms. The van der Waals surface area contributed by atoms with Gasteiger partial charge in [-0.05, 0) is 30.5 Å². The van der Waals surface area contributed by atoms with Gasteiger partial charge in [-0.3, -0.25) is 4.79 Å². The third-order valence-corrected chi connectivity index (χ3v) is 4.27. The van der Waals surface area contributed by atoms with Gasteiger partial charge in [0.15, 0.2) is 0 Å². The van der Waals surface area contributed by atoms with E-state index in [1.807, 2.05) is 36.6 Å². The number of benzene rings is 2. The summed E-state index contributed by atoms with van der Waals surface area (Å²) in [6.45, 7) is -3.01. The molecule has 3 aromatic rings. The van der Waals surface area contributed by atoms with E-state index in [4.69, 9.17) is 0 Å². The lowest BCUT2D eigenvalue weighted by molar-refractivity contribution is -0.0501. The standard InChI is InChI=1S/C18H15F2N3O2S/c1-26-15-11-21-23(12-7-3-2-4-8-12)16(15)22-17(24)13-9-5-6-10-14(13)25-18(19)20/h2-11,18H,1H3,(H,22,24). The van der Waals surface area contributed by atoms with Gasteiger partial charge in [-0.1, -0.05) is 30.3 Å². The Morgan fingerprint density at radius 3 is 2.54 bits per heavy atom. The Bertz CT molecular complexity index is 900. The molecule has 0 unspecified atom stereocenters. The van der Waals surface area contributed by atoms with Crippen LogP contribution in [0.15, 0.2) is 65.7 Å². The highest BCUT2D eigenvalue weighted by Gasteiger charge is 2.19. The van der Waals surface area contributed by atoms with E-state index >= 15 is 0 Å². The molecule has 1 N–H and O–H groups in total. The van der Waals surface area contributed by atoms with Crippen LogP contribution < -0.4 is 10.1 Å². The van der Waals surface area contributed by atoms with E-state index in [0.717, 1.165) is 10.6 Å². The lowest BCUT2D eigenvalue weighted by Crippen LogP contribution is -2.17. The molecule has 1 aromatic heterocycles. The first kappa shape index (κ1) is 17.9. The van der Waals surface area contributed by atoms with Crippen molar-refractivity contribution in [1.82, 2.24) is 9.78 Å². The number of nitrogens with zero attached hydrogens (tertiary/aromatic N) is 2. The smallest absolute Gasteiger partial charge is 0.387 e. The summed E-state index contributed by atoms with van der Waals surface area (Å²) in [7, 11) is 0. The van der Waals surface area contributed by atoms with Crippen LogP contribution >= 0.6 is 11.8 Å². The summed E-state index contributed by atoms with van der Waals surface area (Å²) in [6.07, 6.45) is 3.49. The van der Waals surface area contributed by atoms with Crippen LogP contribution in [0.4, 0.5) is 14.6 Å². The molecule has 0 bridgehead atoms. The number of carbonyl (C=O) groups is 1. The topological polar surface area (TPSA) is 56.2 Å². The number of hydrogen-bond donors (Lipinski definition) is 1. The first-order chi connectivity index (χ1) is 12.6. The highest BCUT2D eigenvalue weighted by Crippen LogP contribution is 2.29. The molecule has 134 valence electrons. The second kappa shape index (κ2) is 8.01. The number of rotatable bonds is 6. The Morgan fingerprint density at radius 2 is 1.85 bits per heavy atom. The SMILES string of the molecule is CSc1cnn(-c2ccccc2)c1NC(=O)c1ccccc1OC(F)F. The van der Waals surface area contributed by atoms with E-state index in [1.54, 1.807) is 16.9 Å². The van der Waals surface area contributed by atoms with Crippen LogP contribution in [0.3, 0.4) is 0 Å². The van der Waals surface area contributed by atoms with E-state index in [1.165, 1.54) is 30.0 Å². The first-order valence-corrected chi connectivity index (χ1v) is 8.85. The maximum atomic E-state index is 12.7. The van der Waals surface area contributed by atoms with Crippen LogP contribution in [0.2, 0.25) is 0 Å². The Morgan fingerprint density at radius 1 is 1.15 bits per heavy atom. The second-order valence-electron chi connectivity index (χ2n) is 5.14. The number of thioether (sulfide) groups is 1. The average molecular weight is 375 g/mol. The first-order valence-electron chi connectivity index (χ1n) is 7.62. The molecular weight excluding hydrogens is 360 g/mol. The van der Waals surface area contributed by atoms with Crippen LogP contribution in [0, 0.1) is 0 Å². The minimum Gasteiger partial charge on any atom is -0.434 e. The van der Waals surface area contributed by atoms with Gasteiger partial charge in [0.05, 0.1) is 22.3 Å². The summed E-state index contributed by atoms with van der Waals surface area (Å²) < 4.78 is 31.2. The van der Waals surface area contributed by atoms with Gasteiger partial charge in [-0.15, -0.1) is 11.8 Å². The molecule has 0 saturated heterocycles. The Labute approximate surface area is 153 Å². The summed E-state index contributed by atoms with van der Waals surface area (Å²) in [4.78, 5) is 13.4. The molecule has 0 atom stereocenters. The van der Waals surface area contributed by atoms with Crippen LogP contribution in [-0.2, 0) is 0 Å². The maximum absolute atomic E-state index is 12.7. The summed E-state index contributed by atoms with van der Waals surface area (Å²) in [5, 5.41) is 7.06. The fraction of sp³-hybridized carbons (Fsp3) is 0.111. The van der Waals surface area contributed by atoms with Crippen molar-refractivity contribution >= 4 is 23.5 Å². The molecule has 0 aliphatic carbocycles. The number of anilines is 1. The van der Waals surface area contributed by atoms with Gasteiger partial charge in [0.25, 0.3) is 5.91 Å². The zero-order valence-electron chi connectivity index (χ0n) is 13.7. The Kier molecular flexibility index (Phi) is 5.52. The largest absolute Gasteiger partial charge is 0.434 e. The number of halogens is 2. The van der Waals surface area contributed by atoms with Crippen LogP contribution in [0.25, 0.3) is 5.69 Å². The minimum absolute atomic E-state index is 0.0145. The number of ether oxygens (including phenoxy) is 1. The van der Waals surface area contributed by atoms with Crippen LogP contribution in [0.1, 0.15) is 10.4 Å². The molecule has 3 rings (SSSR count). The minimum atomic E-state index is -3.01. The van der Waals surface area contributed by atoms with Crippen LogP contribution in [-0.4, -0.2) is 28.6 Å². The normalized spacial score (nSPS) is 10.8. The van der Waals surface area contributed by atoms with Crippen molar-refractivity contribution in [2.75, 3.05) is 11.6 Å². The molecule has 1 amide bonds. The molecule has 2 aromatic carbocycles. The quantitative estimate of drug-likeness (QED) is 0.647. The van der Waals surface area contributed by atoms with Gasteiger partial charge in [-0.25, -0.2) is 4.68 Å². The van der Waals surface area contributed by atoms with E-state index in [0.29, 0.717) is 5.82 Å². The van der Waals surface area contributed by atoms with Crippen molar-refractivity contribution in [3.8, 4) is 11.4 Å². The van der Waals surface area contributed by atoms with Crippen molar-refractivity contribution in [3.63, 3.8) is 0 Å². The number of para-hydroxylation sites is 2. The molecule has 1 heterocycles. The van der Waals surface area contributed by atoms with Gasteiger partial charge in [0.1, 0.15) is 11.6 Å². The average Bonchev–Trinajstić information content (AvgIpc) is 3.05. The molecule has 0 saturated carbocycles. The number of nitrogens with one attached hydrogen (secondary N) is 1. The molecule has 0 radical (unpaired) electrons. The highest BCUT2D eigenvalue weighted by molar-refractivity contribution is 7.98. The number of amides is 1. The number of hydrogen-bond acceptors (Lipinski definition) is 4. The van der Waals surface area contributed by atoms with Gasteiger partial charge in [0.2, 0.25) is 0 Å². The van der Waals surface area contributed by atoms with Crippen molar-refractivity contribution in [1.29, 1.82) is 0 Å². The fourth-order valence-corrected chi connectivity index (χ4v) is 2.87. The Hall–Kier alpha value is -2.87.